The number of carbonyl (C=O) groups is 3. The summed E-state index contributed by atoms with van der Waals surface area (Å²) in [4.78, 5) is 36.6. The molecule has 0 aliphatic rings. The smallest absolute Gasteiger partial charge is 0.336 e. The van der Waals surface area contributed by atoms with Crippen LogP contribution in [0.1, 0.15) is 20.7 Å². The lowest BCUT2D eigenvalue weighted by atomic mass is 10.1. The lowest BCUT2D eigenvalue weighted by molar-refractivity contribution is -0.113. The average Bonchev–Trinajstić information content (AvgIpc) is 2.72. The number of anilines is 2. The van der Waals surface area contributed by atoms with Crippen molar-refractivity contribution in [2.24, 2.45) is 0 Å². The Bertz CT molecular complexity index is 1120. The van der Waals surface area contributed by atoms with Crippen molar-refractivity contribution in [1.82, 2.24) is 0 Å². The number of benzene rings is 3. The highest BCUT2D eigenvalue weighted by atomic mass is 35.5. The SMILES string of the molecule is O=C(CSc1ccc(NC(=O)c2ccccc2C(=O)O)cc1)Nc1cc(Cl)cc(Cl)c1. The average molecular weight is 475 g/mol. The number of thioether (sulfide) groups is 1. The van der Waals surface area contributed by atoms with Crippen molar-refractivity contribution in [3.63, 3.8) is 0 Å². The topological polar surface area (TPSA) is 95.5 Å². The number of aromatic carboxylic acids is 1. The van der Waals surface area contributed by atoms with Crippen molar-refractivity contribution in [3.8, 4) is 0 Å². The first-order chi connectivity index (χ1) is 14.8. The zero-order valence-electron chi connectivity index (χ0n) is 15.9. The first-order valence-electron chi connectivity index (χ1n) is 8.94. The van der Waals surface area contributed by atoms with E-state index in [1.165, 1.54) is 23.9 Å². The van der Waals surface area contributed by atoms with Gasteiger partial charge in [0.15, 0.2) is 0 Å². The van der Waals surface area contributed by atoms with E-state index < -0.39 is 11.9 Å². The predicted molar refractivity (Wildman–Crippen MR) is 124 cm³/mol. The molecule has 0 bridgehead atoms. The second-order valence-electron chi connectivity index (χ2n) is 6.32. The molecule has 0 aromatic heterocycles. The number of rotatable bonds is 7. The third-order valence-electron chi connectivity index (χ3n) is 4.03. The van der Waals surface area contributed by atoms with Crippen LogP contribution in [-0.2, 0) is 4.79 Å². The lowest BCUT2D eigenvalue weighted by Gasteiger charge is -2.09. The van der Waals surface area contributed by atoms with E-state index in [1.54, 1.807) is 54.6 Å². The van der Waals surface area contributed by atoms with Crippen LogP contribution >= 0.6 is 35.0 Å². The minimum absolute atomic E-state index is 0.0702. The standard InChI is InChI=1S/C22H16Cl2N2O4S/c23-13-9-14(24)11-16(10-13)25-20(27)12-31-17-7-5-15(6-8-17)26-21(28)18-3-1-2-4-19(18)22(29)30/h1-11H,12H2,(H,25,27)(H,26,28)(H,29,30). The normalized spacial score (nSPS) is 10.4. The van der Waals surface area contributed by atoms with Crippen molar-refractivity contribution in [2.75, 3.05) is 16.4 Å². The first-order valence-corrected chi connectivity index (χ1v) is 10.7. The van der Waals surface area contributed by atoms with Gasteiger partial charge in [0.25, 0.3) is 5.91 Å². The highest BCUT2D eigenvalue weighted by Gasteiger charge is 2.15. The van der Waals surface area contributed by atoms with Crippen molar-refractivity contribution in [2.45, 2.75) is 4.90 Å². The van der Waals surface area contributed by atoms with E-state index in [1.807, 2.05) is 0 Å². The maximum Gasteiger partial charge on any atom is 0.336 e. The second-order valence-corrected chi connectivity index (χ2v) is 8.25. The zero-order valence-corrected chi connectivity index (χ0v) is 18.2. The fourth-order valence-corrected chi connectivity index (χ4v) is 3.90. The van der Waals surface area contributed by atoms with Crippen molar-refractivity contribution < 1.29 is 19.5 Å². The van der Waals surface area contributed by atoms with E-state index in [4.69, 9.17) is 23.2 Å². The Morgan fingerprint density at radius 3 is 2.03 bits per heavy atom. The van der Waals surface area contributed by atoms with Crippen molar-refractivity contribution in [3.05, 3.63) is 87.9 Å². The van der Waals surface area contributed by atoms with Gasteiger partial charge in [0.2, 0.25) is 5.91 Å². The van der Waals surface area contributed by atoms with Gasteiger partial charge in [-0.25, -0.2) is 4.79 Å². The van der Waals surface area contributed by atoms with Gasteiger partial charge in [0.1, 0.15) is 0 Å². The highest BCUT2D eigenvalue weighted by molar-refractivity contribution is 8.00. The van der Waals surface area contributed by atoms with Gasteiger partial charge >= 0.3 is 5.97 Å². The van der Waals surface area contributed by atoms with E-state index in [9.17, 15) is 19.5 Å². The third-order valence-corrected chi connectivity index (χ3v) is 5.48. The Labute approximate surface area is 192 Å². The molecule has 158 valence electrons. The van der Waals surface area contributed by atoms with Crippen molar-refractivity contribution >= 4 is 64.1 Å². The van der Waals surface area contributed by atoms with Gasteiger partial charge in [-0.2, -0.15) is 0 Å². The van der Waals surface area contributed by atoms with Gasteiger partial charge in [0, 0.05) is 26.3 Å². The van der Waals surface area contributed by atoms with Gasteiger partial charge in [-0.05, 0) is 54.6 Å². The molecule has 2 amide bonds. The molecule has 9 heteroatoms. The van der Waals surface area contributed by atoms with E-state index in [-0.39, 0.29) is 22.8 Å². The maximum absolute atomic E-state index is 12.4. The second kappa shape index (κ2) is 10.3. The summed E-state index contributed by atoms with van der Waals surface area (Å²) in [7, 11) is 0. The van der Waals surface area contributed by atoms with Gasteiger partial charge in [0.05, 0.1) is 16.9 Å². The summed E-state index contributed by atoms with van der Waals surface area (Å²) < 4.78 is 0. The molecule has 0 atom stereocenters. The van der Waals surface area contributed by atoms with Crippen LogP contribution in [0.4, 0.5) is 11.4 Å². The number of carboxylic acids is 1. The Morgan fingerprint density at radius 1 is 0.806 bits per heavy atom. The fourth-order valence-electron chi connectivity index (χ4n) is 2.67. The number of carbonyl (C=O) groups excluding carboxylic acids is 2. The summed E-state index contributed by atoms with van der Waals surface area (Å²) in [6.45, 7) is 0. The Balaban J connectivity index is 1.56. The van der Waals surface area contributed by atoms with Crippen LogP contribution in [0.25, 0.3) is 0 Å². The molecule has 3 N–H and O–H groups in total. The van der Waals surface area contributed by atoms with E-state index in [0.29, 0.717) is 21.4 Å². The van der Waals surface area contributed by atoms with Crippen LogP contribution in [0.15, 0.2) is 71.6 Å². The summed E-state index contributed by atoms with van der Waals surface area (Å²) in [5, 5.41) is 15.5. The summed E-state index contributed by atoms with van der Waals surface area (Å²) in [5.41, 5.74) is 1.03. The monoisotopic (exact) mass is 474 g/mol. The quantitative estimate of drug-likeness (QED) is 0.383. The molecule has 3 aromatic rings. The van der Waals surface area contributed by atoms with Crippen LogP contribution in [0.3, 0.4) is 0 Å². The van der Waals surface area contributed by atoms with Gasteiger partial charge in [-0.1, -0.05) is 35.3 Å². The zero-order chi connectivity index (χ0) is 22.4. The molecule has 0 aliphatic heterocycles. The largest absolute Gasteiger partial charge is 0.478 e. The molecule has 3 rings (SSSR count). The summed E-state index contributed by atoms with van der Waals surface area (Å²) in [5.74, 6) is -1.73. The molecular formula is C22H16Cl2N2O4S. The molecule has 0 spiro atoms. The number of hydrogen-bond donors (Lipinski definition) is 3. The summed E-state index contributed by atoms with van der Waals surface area (Å²) in [6.07, 6.45) is 0. The van der Waals surface area contributed by atoms with E-state index in [0.717, 1.165) is 4.90 Å². The predicted octanol–water partition coefficient (Wildman–Crippen LogP) is 5.67. The molecular weight excluding hydrogens is 459 g/mol. The number of amides is 2. The van der Waals surface area contributed by atoms with Crippen LogP contribution in [0.5, 0.6) is 0 Å². The first kappa shape index (κ1) is 22.7. The molecule has 0 radical (unpaired) electrons. The Hall–Kier alpha value is -3.00. The van der Waals surface area contributed by atoms with Crippen LogP contribution in [-0.4, -0.2) is 28.6 Å². The molecule has 31 heavy (non-hydrogen) atoms. The van der Waals surface area contributed by atoms with Gasteiger partial charge < -0.3 is 15.7 Å². The molecule has 0 fully saturated rings. The Morgan fingerprint density at radius 2 is 1.42 bits per heavy atom. The highest BCUT2D eigenvalue weighted by Crippen LogP contribution is 2.24. The van der Waals surface area contributed by atoms with Crippen LogP contribution < -0.4 is 10.6 Å². The van der Waals surface area contributed by atoms with Crippen LogP contribution in [0.2, 0.25) is 10.0 Å². The molecule has 0 heterocycles. The molecule has 0 unspecified atom stereocenters. The number of carboxylic acid groups (broad SMARTS) is 1. The van der Waals surface area contributed by atoms with Crippen LogP contribution in [0, 0.1) is 0 Å². The minimum atomic E-state index is -1.17. The molecule has 0 aliphatic carbocycles. The van der Waals surface area contributed by atoms with Gasteiger partial charge in [-0.3, -0.25) is 9.59 Å². The third kappa shape index (κ3) is 6.49. The molecule has 3 aromatic carbocycles. The molecule has 6 nitrogen and oxygen atoms in total. The number of nitrogens with one attached hydrogen (secondary N) is 2. The minimum Gasteiger partial charge on any atom is -0.478 e. The van der Waals surface area contributed by atoms with E-state index >= 15 is 0 Å². The number of hydrogen-bond acceptors (Lipinski definition) is 4. The maximum atomic E-state index is 12.4. The van der Waals surface area contributed by atoms with E-state index in [2.05, 4.69) is 10.6 Å². The van der Waals surface area contributed by atoms with Crippen molar-refractivity contribution in [1.29, 1.82) is 0 Å². The molecule has 0 saturated heterocycles. The summed E-state index contributed by atoms with van der Waals surface area (Å²) in [6, 6.07) is 17.7. The lowest BCUT2D eigenvalue weighted by Crippen LogP contribution is -2.16. The Kier molecular flexibility index (Phi) is 7.57. The fraction of sp³-hybridized carbons (Fsp3) is 0.0455. The molecule has 0 saturated carbocycles. The number of halogens is 2. The summed E-state index contributed by atoms with van der Waals surface area (Å²) >= 11 is 13.2. The van der Waals surface area contributed by atoms with Gasteiger partial charge in [-0.15, -0.1) is 11.8 Å².